The van der Waals surface area contributed by atoms with Crippen molar-refractivity contribution < 1.29 is 9.84 Å². The minimum absolute atomic E-state index is 0.0634. The average Bonchev–Trinajstić information content (AvgIpc) is 2.60. The number of hydrogen-bond donors (Lipinski definition) is 1. The molecule has 2 nitrogen and oxygen atoms in total. The van der Waals surface area contributed by atoms with Crippen LogP contribution in [0.4, 0.5) is 0 Å². The highest BCUT2D eigenvalue weighted by atomic mass is 16.5. The molecule has 0 bridgehead atoms. The minimum Gasteiger partial charge on any atom is -0.390 e. The molecule has 0 aliphatic rings. The SMILES string of the molecule is CCCCCCCC/C=C\CCCCCCCCC(C)(C)OCCC(C)(C)O. The molecule has 0 aromatic carbocycles. The standard InChI is InChI=1S/C26H52O2/c1-6-7-8-9-10-11-12-13-14-15-16-17-18-19-20-21-22-26(4,5)28-24-23-25(2,3)27/h13-14,27H,6-12,15-24H2,1-5H3/b14-13-. The van der Waals surface area contributed by atoms with Gasteiger partial charge in [0.25, 0.3) is 0 Å². The van der Waals surface area contributed by atoms with Crippen LogP contribution in [0.15, 0.2) is 12.2 Å². The van der Waals surface area contributed by atoms with Gasteiger partial charge in [-0.05, 0) is 66.2 Å². The number of aliphatic hydroxyl groups is 1. The van der Waals surface area contributed by atoms with Gasteiger partial charge in [0, 0.05) is 0 Å². The Balaban J connectivity index is 3.37. The molecule has 0 saturated heterocycles. The van der Waals surface area contributed by atoms with E-state index in [0.717, 1.165) is 6.42 Å². The zero-order valence-corrected chi connectivity index (χ0v) is 20.0. The van der Waals surface area contributed by atoms with E-state index in [-0.39, 0.29) is 5.60 Å². The van der Waals surface area contributed by atoms with Crippen molar-refractivity contribution in [2.45, 2.75) is 149 Å². The van der Waals surface area contributed by atoms with Crippen molar-refractivity contribution in [3.63, 3.8) is 0 Å². The molecule has 28 heavy (non-hydrogen) atoms. The summed E-state index contributed by atoms with van der Waals surface area (Å²) in [5, 5.41) is 9.76. The summed E-state index contributed by atoms with van der Waals surface area (Å²) in [7, 11) is 0. The third kappa shape index (κ3) is 22.0. The molecule has 0 aliphatic carbocycles. The normalized spacial score (nSPS) is 12.9. The van der Waals surface area contributed by atoms with E-state index in [0.29, 0.717) is 13.0 Å². The lowest BCUT2D eigenvalue weighted by Crippen LogP contribution is -2.28. The Morgan fingerprint density at radius 3 is 1.61 bits per heavy atom. The summed E-state index contributed by atoms with van der Waals surface area (Å²) >= 11 is 0. The molecule has 0 spiro atoms. The van der Waals surface area contributed by atoms with Gasteiger partial charge in [-0.1, -0.05) is 83.3 Å². The highest BCUT2D eigenvalue weighted by Crippen LogP contribution is 2.21. The number of allylic oxidation sites excluding steroid dienone is 2. The lowest BCUT2D eigenvalue weighted by molar-refractivity contribution is -0.0510. The molecule has 2 heteroatoms. The van der Waals surface area contributed by atoms with E-state index >= 15 is 0 Å². The Bertz CT molecular complexity index is 352. The van der Waals surface area contributed by atoms with Crippen LogP contribution in [-0.4, -0.2) is 22.9 Å². The van der Waals surface area contributed by atoms with Crippen molar-refractivity contribution in [1.29, 1.82) is 0 Å². The van der Waals surface area contributed by atoms with Gasteiger partial charge in [-0.25, -0.2) is 0 Å². The van der Waals surface area contributed by atoms with Crippen LogP contribution in [0, 0.1) is 0 Å². The molecule has 0 saturated carbocycles. The Morgan fingerprint density at radius 2 is 1.11 bits per heavy atom. The maximum absolute atomic E-state index is 9.76. The van der Waals surface area contributed by atoms with Crippen LogP contribution in [0.3, 0.4) is 0 Å². The molecule has 0 radical (unpaired) electrons. The first-order valence-electron chi connectivity index (χ1n) is 12.3. The Labute approximate surface area is 177 Å². The predicted octanol–water partition coefficient (Wildman–Crippen LogP) is 8.37. The molecule has 1 N–H and O–H groups in total. The van der Waals surface area contributed by atoms with Gasteiger partial charge in [-0.3, -0.25) is 0 Å². The molecule has 0 rings (SSSR count). The van der Waals surface area contributed by atoms with E-state index in [9.17, 15) is 5.11 Å². The smallest absolute Gasteiger partial charge is 0.0626 e. The highest BCUT2D eigenvalue weighted by molar-refractivity contribution is 4.81. The molecular formula is C26H52O2. The van der Waals surface area contributed by atoms with Crippen molar-refractivity contribution in [1.82, 2.24) is 0 Å². The zero-order chi connectivity index (χ0) is 21.1. The quantitative estimate of drug-likeness (QED) is 0.165. The second-order valence-electron chi connectivity index (χ2n) is 9.86. The lowest BCUT2D eigenvalue weighted by atomic mass is 9.98. The van der Waals surface area contributed by atoms with Crippen LogP contribution in [0.5, 0.6) is 0 Å². The van der Waals surface area contributed by atoms with Crippen molar-refractivity contribution >= 4 is 0 Å². The van der Waals surface area contributed by atoms with Gasteiger partial charge in [-0.15, -0.1) is 0 Å². The summed E-state index contributed by atoms with van der Waals surface area (Å²) in [4.78, 5) is 0. The Morgan fingerprint density at radius 1 is 0.643 bits per heavy atom. The van der Waals surface area contributed by atoms with Gasteiger partial charge < -0.3 is 9.84 Å². The molecule has 0 unspecified atom stereocenters. The number of ether oxygens (including phenoxy) is 1. The topological polar surface area (TPSA) is 29.5 Å². The van der Waals surface area contributed by atoms with E-state index in [2.05, 4.69) is 32.9 Å². The fourth-order valence-electron chi connectivity index (χ4n) is 3.45. The second-order valence-corrected chi connectivity index (χ2v) is 9.86. The maximum Gasteiger partial charge on any atom is 0.0626 e. The first kappa shape index (κ1) is 27.7. The molecule has 0 aromatic heterocycles. The van der Waals surface area contributed by atoms with E-state index in [1.165, 1.54) is 89.9 Å². The average molecular weight is 397 g/mol. The first-order chi connectivity index (χ1) is 13.3. The Hall–Kier alpha value is -0.340. The summed E-state index contributed by atoms with van der Waals surface area (Å²) in [6.07, 6.45) is 25.5. The fraction of sp³-hybridized carbons (Fsp3) is 0.923. The largest absolute Gasteiger partial charge is 0.390 e. The van der Waals surface area contributed by atoms with Gasteiger partial charge in [0.15, 0.2) is 0 Å². The molecule has 0 aromatic rings. The van der Waals surface area contributed by atoms with Crippen LogP contribution >= 0.6 is 0 Å². The highest BCUT2D eigenvalue weighted by Gasteiger charge is 2.20. The number of rotatable bonds is 20. The monoisotopic (exact) mass is 396 g/mol. The van der Waals surface area contributed by atoms with Crippen molar-refractivity contribution in [3.8, 4) is 0 Å². The van der Waals surface area contributed by atoms with Crippen molar-refractivity contribution in [2.24, 2.45) is 0 Å². The van der Waals surface area contributed by atoms with Gasteiger partial charge in [0.2, 0.25) is 0 Å². The molecule has 0 fully saturated rings. The summed E-state index contributed by atoms with van der Waals surface area (Å²) < 4.78 is 5.96. The predicted molar refractivity (Wildman–Crippen MR) is 125 cm³/mol. The molecule has 0 heterocycles. The summed E-state index contributed by atoms with van der Waals surface area (Å²) in [6.45, 7) is 11.0. The van der Waals surface area contributed by atoms with Crippen LogP contribution in [-0.2, 0) is 4.74 Å². The zero-order valence-electron chi connectivity index (χ0n) is 20.0. The van der Waals surface area contributed by atoms with E-state index in [1.54, 1.807) is 0 Å². The summed E-state index contributed by atoms with van der Waals surface area (Å²) in [5.41, 5.74) is -0.689. The molecule has 0 amide bonds. The van der Waals surface area contributed by atoms with Crippen LogP contribution in [0.1, 0.15) is 137 Å². The second kappa shape index (κ2) is 17.5. The van der Waals surface area contributed by atoms with Crippen LogP contribution in [0.2, 0.25) is 0 Å². The van der Waals surface area contributed by atoms with Gasteiger partial charge in [0.1, 0.15) is 0 Å². The minimum atomic E-state index is -0.625. The van der Waals surface area contributed by atoms with Gasteiger partial charge in [0.05, 0.1) is 17.8 Å². The fourth-order valence-corrected chi connectivity index (χ4v) is 3.45. The molecular weight excluding hydrogens is 344 g/mol. The maximum atomic E-state index is 9.76. The third-order valence-electron chi connectivity index (χ3n) is 5.50. The summed E-state index contributed by atoms with van der Waals surface area (Å²) in [6, 6.07) is 0. The van der Waals surface area contributed by atoms with Crippen LogP contribution in [0.25, 0.3) is 0 Å². The summed E-state index contributed by atoms with van der Waals surface area (Å²) in [5.74, 6) is 0. The third-order valence-corrected chi connectivity index (χ3v) is 5.50. The first-order valence-corrected chi connectivity index (χ1v) is 12.3. The molecule has 0 aliphatic heterocycles. The Kier molecular flexibility index (Phi) is 17.3. The van der Waals surface area contributed by atoms with Gasteiger partial charge >= 0.3 is 0 Å². The van der Waals surface area contributed by atoms with Gasteiger partial charge in [-0.2, -0.15) is 0 Å². The van der Waals surface area contributed by atoms with Crippen LogP contribution < -0.4 is 0 Å². The molecule has 168 valence electrons. The van der Waals surface area contributed by atoms with Crippen molar-refractivity contribution in [2.75, 3.05) is 6.61 Å². The van der Waals surface area contributed by atoms with E-state index in [1.807, 2.05) is 13.8 Å². The van der Waals surface area contributed by atoms with Crippen molar-refractivity contribution in [3.05, 3.63) is 12.2 Å². The number of unbranched alkanes of at least 4 members (excludes halogenated alkanes) is 12. The lowest BCUT2D eigenvalue weighted by Gasteiger charge is -2.27. The number of hydrogen-bond acceptors (Lipinski definition) is 2. The van der Waals surface area contributed by atoms with E-state index < -0.39 is 5.60 Å². The molecule has 0 atom stereocenters. The van der Waals surface area contributed by atoms with E-state index in [4.69, 9.17) is 4.74 Å².